The summed E-state index contributed by atoms with van der Waals surface area (Å²) in [5, 5.41) is 5.62. The summed E-state index contributed by atoms with van der Waals surface area (Å²) in [4.78, 5) is 8.15. The van der Waals surface area contributed by atoms with E-state index in [0.717, 1.165) is 5.69 Å². The molecule has 0 aliphatic carbocycles. The van der Waals surface area contributed by atoms with Gasteiger partial charge in [-0.1, -0.05) is 0 Å². The van der Waals surface area contributed by atoms with E-state index in [4.69, 9.17) is 0 Å². The molecule has 1 heterocycles. The van der Waals surface area contributed by atoms with E-state index >= 15 is 0 Å². The summed E-state index contributed by atoms with van der Waals surface area (Å²) in [5.41, 5.74) is 0.752. The first-order valence-electron chi connectivity index (χ1n) is 5.25. The predicted octanol–water partition coefficient (Wildman–Crippen LogP) is 2.58. The number of nitrogens with one attached hydrogen (secondary N) is 2. The summed E-state index contributed by atoms with van der Waals surface area (Å²) in [7, 11) is 1.68. The lowest BCUT2D eigenvalue weighted by Gasteiger charge is -2.09. The van der Waals surface area contributed by atoms with Crippen LogP contribution in [-0.4, -0.2) is 29.7 Å². The fourth-order valence-electron chi connectivity index (χ4n) is 1.28. The highest BCUT2D eigenvalue weighted by molar-refractivity contribution is 5.41. The van der Waals surface area contributed by atoms with E-state index in [-0.39, 0.29) is 13.0 Å². The molecule has 17 heavy (non-hydrogen) atoms. The van der Waals surface area contributed by atoms with Crippen LogP contribution in [0.2, 0.25) is 0 Å². The molecule has 0 amide bonds. The van der Waals surface area contributed by atoms with Crippen molar-refractivity contribution in [1.82, 2.24) is 9.97 Å². The van der Waals surface area contributed by atoms with Crippen LogP contribution >= 0.6 is 0 Å². The second kappa shape index (κ2) is 5.70. The van der Waals surface area contributed by atoms with Crippen molar-refractivity contribution in [3.63, 3.8) is 0 Å². The highest BCUT2D eigenvalue weighted by Crippen LogP contribution is 2.21. The number of hydrogen-bond donors (Lipinski definition) is 2. The lowest BCUT2D eigenvalue weighted by atomic mass is 10.3. The van der Waals surface area contributed by atoms with Crippen LogP contribution in [-0.2, 0) is 0 Å². The molecule has 96 valence electrons. The Labute approximate surface area is 97.7 Å². The van der Waals surface area contributed by atoms with Crippen molar-refractivity contribution in [2.24, 2.45) is 0 Å². The molecule has 0 fully saturated rings. The van der Waals surface area contributed by atoms with Crippen molar-refractivity contribution in [3.05, 3.63) is 11.8 Å². The molecule has 0 aliphatic heterocycles. The normalized spacial score (nSPS) is 11.4. The smallest absolute Gasteiger partial charge is 0.370 e. The Balaban J connectivity index is 2.44. The zero-order valence-corrected chi connectivity index (χ0v) is 9.73. The van der Waals surface area contributed by atoms with Gasteiger partial charge in [0.1, 0.15) is 5.82 Å². The molecule has 0 spiro atoms. The van der Waals surface area contributed by atoms with Gasteiger partial charge in [0, 0.05) is 31.8 Å². The number of aryl methyl sites for hydroxylation is 1. The highest BCUT2D eigenvalue weighted by Gasteiger charge is 2.25. The van der Waals surface area contributed by atoms with Crippen molar-refractivity contribution in [2.45, 2.75) is 25.9 Å². The molecule has 0 aromatic carbocycles. The second-order valence-electron chi connectivity index (χ2n) is 3.61. The Hall–Kier alpha value is -1.53. The Kier molecular flexibility index (Phi) is 4.53. The van der Waals surface area contributed by atoms with Crippen LogP contribution in [0, 0.1) is 6.92 Å². The summed E-state index contributed by atoms with van der Waals surface area (Å²) in [5.74, 6) is 0.979. The third-order valence-electron chi connectivity index (χ3n) is 2.02. The van der Waals surface area contributed by atoms with Crippen LogP contribution in [0.1, 0.15) is 18.5 Å². The molecule has 0 saturated carbocycles. The molecule has 2 N–H and O–H groups in total. The van der Waals surface area contributed by atoms with Crippen molar-refractivity contribution in [1.29, 1.82) is 0 Å². The van der Waals surface area contributed by atoms with Gasteiger partial charge < -0.3 is 10.6 Å². The summed E-state index contributed by atoms with van der Waals surface area (Å²) < 4.78 is 35.7. The van der Waals surface area contributed by atoms with E-state index in [1.54, 1.807) is 20.0 Å². The quantitative estimate of drug-likeness (QED) is 0.786. The first kappa shape index (κ1) is 13.5. The van der Waals surface area contributed by atoms with Crippen LogP contribution in [0.15, 0.2) is 6.07 Å². The Morgan fingerprint density at radius 3 is 2.59 bits per heavy atom. The average Bonchev–Trinajstić information content (AvgIpc) is 2.22. The highest BCUT2D eigenvalue weighted by atomic mass is 19.4. The lowest BCUT2D eigenvalue weighted by molar-refractivity contribution is -0.134. The predicted molar refractivity (Wildman–Crippen MR) is 60.1 cm³/mol. The number of halogens is 3. The molecule has 1 rings (SSSR count). The number of alkyl halides is 3. The molecular weight excluding hydrogens is 233 g/mol. The van der Waals surface area contributed by atoms with Crippen LogP contribution < -0.4 is 10.6 Å². The number of rotatable bonds is 5. The minimum Gasteiger partial charge on any atom is -0.370 e. The average molecular weight is 248 g/mol. The molecule has 7 heteroatoms. The minimum absolute atomic E-state index is 0.0292. The number of anilines is 2. The topological polar surface area (TPSA) is 49.8 Å². The van der Waals surface area contributed by atoms with Gasteiger partial charge in [-0.05, 0) is 13.3 Å². The van der Waals surface area contributed by atoms with Gasteiger partial charge in [-0.15, -0.1) is 0 Å². The Bertz CT molecular complexity index is 365. The monoisotopic (exact) mass is 248 g/mol. The molecule has 0 radical (unpaired) electrons. The van der Waals surface area contributed by atoms with E-state index in [2.05, 4.69) is 20.6 Å². The molecule has 0 atom stereocenters. The van der Waals surface area contributed by atoms with Gasteiger partial charge in [0.25, 0.3) is 0 Å². The van der Waals surface area contributed by atoms with E-state index < -0.39 is 12.6 Å². The molecule has 0 saturated heterocycles. The summed E-state index contributed by atoms with van der Waals surface area (Å²) in [6.07, 6.45) is -4.86. The summed E-state index contributed by atoms with van der Waals surface area (Å²) in [6.45, 7) is 2.03. The maximum Gasteiger partial charge on any atom is 0.389 e. The van der Waals surface area contributed by atoms with Gasteiger partial charge in [0.05, 0.1) is 0 Å². The van der Waals surface area contributed by atoms with Gasteiger partial charge in [-0.2, -0.15) is 18.2 Å². The first-order chi connectivity index (χ1) is 7.90. The molecule has 0 unspecified atom stereocenters. The van der Waals surface area contributed by atoms with Gasteiger partial charge in [-0.3, -0.25) is 0 Å². The maximum atomic E-state index is 11.9. The lowest BCUT2D eigenvalue weighted by Crippen LogP contribution is -2.12. The molecule has 1 aromatic rings. The van der Waals surface area contributed by atoms with Gasteiger partial charge in [-0.25, -0.2) is 4.98 Å². The van der Waals surface area contributed by atoms with E-state index in [1.807, 2.05) is 0 Å². The van der Waals surface area contributed by atoms with Crippen molar-refractivity contribution >= 4 is 11.8 Å². The standard InChI is InChI=1S/C10H15F3N4/c1-7-6-8(17-9(14-2)16-7)15-5-3-4-10(11,12)13/h6H,3-5H2,1-2H3,(H2,14,15,16,17). The van der Waals surface area contributed by atoms with Crippen LogP contribution in [0.5, 0.6) is 0 Å². The van der Waals surface area contributed by atoms with Crippen LogP contribution in [0.3, 0.4) is 0 Å². The molecule has 0 aliphatic rings. The van der Waals surface area contributed by atoms with E-state index in [0.29, 0.717) is 11.8 Å². The van der Waals surface area contributed by atoms with Crippen molar-refractivity contribution in [3.8, 4) is 0 Å². The zero-order valence-electron chi connectivity index (χ0n) is 9.73. The fraction of sp³-hybridized carbons (Fsp3) is 0.600. The first-order valence-corrected chi connectivity index (χ1v) is 5.25. The van der Waals surface area contributed by atoms with Crippen LogP contribution in [0.4, 0.5) is 24.9 Å². The summed E-state index contributed by atoms with van der Waals surface area (Å²) in [6, 6.07) is 1.69. The Morgan fingerprint density at radius 2 is 2.00 bits per heavy atom. The Morgan fingerprint density at radius 1 is 1.29 bits per heavy atom. The largest absolute Gasteiger partial charge is 0.389 e. The van der Waals surface area contributed by atoms with Gasteiger partial charge in [0.2, 0.25) is 5.95 Å². The minimum atomic E-state index is -4.10. The van der Waals surface area contributed by atoms with Gasteiger partial charge in [0.15, 0.2) is 0 Å². The third-order valence-corrected chi connectivity index (χ3v) is 2.02. The fourth-order valence-corrected chi connectivity index (χ4v) is 1.28. The molecule has 4 nitrogen and oxygen atoms in total. The third kappa shape index (κ3) is 5.37. The van der Waals surface area contributed by atoms with Crippen molar-refractivity contribution in [2.75, 3.05) is 24.2 Å². The van der Waals surface area contributed by atoms with E-state index in [9.17, 15) is 13.2 Å². The number of hydrogen-bond acceptors (Lipinski definition) is 4. The van der Waals surface area contributed by atoms with Gasteiger partial charge >= 0.3 is 6.18 Å². The number of aromatic nitrogens is 2. The number of nitrogens with zero attached hydrogens (tertiary/aromatic N) is 2. The molecule has 1 aromatic heterocycles. The van der Waals surface area contributed by atoms with Crippen LogP contribution in [0.25, 0.3) is 0 Å². The molecular formula is C10H15F3N4. The maximum absolute atomic E-state index is 11.9. The van der Waals surface area contributed by atoms with E-state index in [1.165, 1.54) is 0 Å². The zero-order chi connectivity index (χ0) is 12.9. The second-order valence-corrected chi connectivity index (χ2v) is 3.61. The summed E-state index contributed by atoms with van der Waals surface area (Å²) >= 11 is 0. The van der Waals surface area contributed by atoms with Crippen molar-refractivity contribution < 1.29 is 13.2 Å². The molecule has 0 bridgehead atoms. The SMILES string of the molecule is CNc1nc(C)cc(NCCCC(F)(F)F)n1.